The molecule has 0 aliphatic rings. The van der Waals surface area contributed by atoms with Crippen LogP contribution in [0.1, 0.15) is 0 Å². The first-order valence-corrected chi connectivity index (χ1v) is 16.7. The van der Waals surface area contributed by atoms with Gasteiger partial charge in [0.1, 0.15) is 0 Å². The van der Waals surface area contributed by atoms with Crippen molar-refractivity contribution in [3.05, 3.63) is 176 Å². The van der Waals surface area contributed by atoms with E-state index in [4.69, 9.17) is 9.97 Å². The van der Waals surface area contributed by atoms with Gasteiger partial charge in [0, 0.05) is 32.8 Å². The van der Waals surface area contributed by atoms with Crippen LogP contribution in [-0.2, 0) is 0 Å². The summed E-state index contributed by atoms with van der Waals surface area (Å²) in [7, 11) is 0. The fraction of sp³-hybridized carbons (Fsp3) is 0. The number of nitrogens with zero attached hydrogens (tertiary/aromatic N) is 3. The predicted molar refractivity (Wildman–Crippen MR) is 205 cm³/mol. The molecule has 0 aliphatic carbocycles. The Labute approximate surface area is 283 Å². The Morgan fingerprint density at radius 1 is 0.347 bits per heavy atom. The lowest BCUT2D eigenvalue weighted by Crippen LogP contribution is -1.94. The summed E-state index contributed by atoms with van der Waals surface area (Å²) in [6.45, 7) is 0. The minimum absolute atomic E-state index is 0.869. The van der Waals surface area contributed by atoms with Crippen LogP contribution in [0.5, 0.6) is 0 Å². The third kappa shape index (κ3) is 4.44. The van der Waals surface area contributed by atoms with E-state index < -0.39 is 0 Å². The highest BCUT2D eigenvalue weighted by Gasteiger charge is 2.14. The summed E-state index contributed by atoms with van der Waals surface area (Å²) in [4.78, 5) is 10.2. The molecule has 0 radical (unpaired) electrons. The van der Waals surface area contributed by atoms with Gasteiger partial charge in [0.2, 0.25) is 0 Å². The molecule has 3 heteroatoms. The third-order valence-corrected chi connectivity index (χ3v) is 9.82. The van der Waals surface area contributed by atoms with E-state index >= 15 is 0 Å². The molecule has 0 amide bonds. The highest BCUT2D eigenvalue weighted by Crippen LogP contribution is 2.36. The van der Waals surface area contributed by atoms with E-state index in [0.29, 0.717) is 0 Å². The van der Waals surface area contributed by atoms with Crippen LogP contribution in [0.4, 0.5) is 0 Å². The lowest BCUT2D eigenvalue weighted by molar-refractivity contribution is 1.18. The second-order valence-electron chi connectivity index (χ2n) is 12.6. The number of fused-ring (bicyclic) bond motifs is 9. The molecule has 0 saturated carbocycles. The van der Waals surface area contributed by atoms with Crippen LogP contribution < -0.4 is 0 Å². The van der Waals surface area contributed by atoms with Gasteiger partial charge in [-0.05, 0) is 63.4 Å². The SMILES string of the molecule is c1cc(-c2ccc(-c3cccc(-n4c5ccccc5c5ccccc54)c3)cc2)cc(-c2cnc3c4ccccc4c4ccccc4c3n2)c1. The monoisotopic (exact) mass is 623 g/mol. The molecule has 0 saturated heterocycles. The first kappa shape index (κ1) is 27.5. The van der Waals surface area contributed by atoms with Crippen molar-refractivity contribution in [2.75, 3.05) is 0 Å². The summed E-state index contributed by atoms with van der Waals surface area (Å²) in [5.74, 6) is 0. The second kappa shape index (κ2) is 11.0. The van der Waals surface area contributed by atoms with Crippen LogP contribution in [0.15, 0.2) is 176 Å². The van der Waals surface area contributed by atoms with Gasteiger partial charge in [-0.15, -0.1) is 0 Å². The number of aromatic nitrogens is 3. The largest absolute Gasteiger partial charge is 0.309 e. The molecular weight excluding hydrogens is 595 g/mol. The maximum Gasteiger partial charge on any atom is 0.0979 e. The third-order valence-electron chi connectivity index (χ3n) is 9.82. The zero-order valence-corrected chi connectivity index (χ0v) is 26.6. The minimum atomic E-state index is 0.869. The smallest absolute Gasteiger partial charge is 0.0979 e. The maximum atomic E-state index is 5.21. The van der Waals surface area contributed by atoms with Crippen molar-refractivity contribution in [3.63, 3.8) is 0 Å². The van der Waals surface area contributed by atoms with Gasteiger partial charge in [-0.25, -0.2) is 4.98 Å². The van der Waals surface area contributed by atoms with Crippen molar-refractivity contribution in [3.8, 4) is 39.2 Å². The van der Waals surface area contributed by atoms with Gasteiger partial charge < -0.3 is 4.57 Å². The molecule has 10 rings (SSSR count). The lowest BCUT2D eigenvalue weighted by atomic mass is 9.98. The van der Waals surface area contributed by atoms with Crippen molar-refractivity contribution in [2.24, 2.45) is 0 Å². The predicted octanol–water partition coefficient (Wildman–Crippen LogP) is 12.0. The zero-order chi connectivity index (χ0) is 32.3. The fourth-order valence-electron chi connectivity index (χ4n) is 7.50. The summed E-state index contributed by atoms with van der Waals surface area (Å²) >= 11 is 0. The van der Waals surface area contributed by atoms with Crippen molar-refractivity contribution < 1.29 is 0 Å². The van der Waals surface area contributed by atoms with Gasteiger partial charge in [-0.1, -0.05) is 140 Å². The van der Waals surface area contributed by atoms with Gasteiger partial charge in [0.15, 0.2) is 0 Å². The standard InChI is InChI=1S/C46H29N3/c1-3-19-40-36(15-1)37-16-2-4-20-41(37)46-45(40)47-29-42(48-46)34-13-9-11-32(27-34)30-23-25-31(26-24-30)33-12-10-14-35(28-33)49-43-21-7-5-17-38(43)39-18-6-8-22-44(39)49/h1-29H. The Bertz CT molecular complexity index is 2790. The molecule has 2 heterocycles. The van der Waals surface area contributed by atoms with Crippen molar-refractivity contribution in [1.82, 2.24) is 14.5 Å². The Hall–Kier alpha value is -6.58. The first-order chi connectivity index (χ1) is 24.3. The summed E-state index contributed by atoms with van der Waals surface area (Å²) in [5, 5.41) is 7.20. The van der Waals surface area contributed by atoms with Gasteiger partial charge in [0.05, 0.1) is 34.0 Å². The Morgan fingerprint density at radius 3 is 1.47 bits per heavy atom. The van der Waals surface area contributed by atoms with Crippen molar-refractivity contribution >= 4 is 54.4 Å². The van der Waals surface area contributed by atoms with Gasteiger partial charge in [-0.2, -0.15) is 0 Å². The van der Waals surface area contributed by atoms with Gasteiger partial charge in [-0.3, -0.25) is 4.98 Å². The van der Waals surface area contributed by atoms with E-state index in [-0.39, 0.29) is 0 Å². The molecule has 0 atom stereocenters. The molecule has 10 aromatic rings. The Balaban J connectivity index is 1.01. The number of hydrogen-bond acceptors (Lipinski definition) is 2. The molecule has 0 spiro atoms. The molecule has 2 aromatic heterocycles. The number of benzene rings is 8. The average Bonchev–Trinajstić information content (AvgIpc) is 3.52. The van der Waals surface area contributed by atoms with E-state index in [1.165, 1.54) is 43.7 Å². The van der Waals surface area contributed by atoms with Crippen LogP contribution >= 0.6 is 0 Å². The highest BCUT2D eigenvalue weighted by molar-refractivity contribution is 6.23. The molecule has 0 unspecified atom stereocenters. The molecule has 0 N–H and O–H groups in total. The van der Waals surface area contributed by atoms with E-state index in [0.717, 1.165) is 49.9 Å². The summed E-state index contributed by atoms with van der Waals surface area (Å²) < 4.78 is 2.37. The molecule has 49 heavy (non-hydrogen) atoms. The van der Waals surface area contributed by atoms with E-state index in [1.54, 1.807) is 0 Å². The second-order valence-corrected chi connectivity index (χ2v) is 12.6. The summed E-state index contributed by atoms with van der Waals surface area (Å²) in [6.07, 6.45) is 1.91. The van der Waals surface area contributed by atoms with Gasteiger partial charge in [0.25, 0.3) is 0 Å². The van der Waals surface area contributed by atoms with Crippen LogP contribution in [0.3, 0.4) is 0 Å². The summed E-state index contributed by atoms with van der Waals surface area (Å²) in [5.41, 5.74) is 12.1. The van der Waals surface area contributed by atoms with E-state index in [1.807, 2.05) is 6.20 Å². The van der Waals surface area contributed by atoms with Crippen molar-refractivity contribution in [1.29, 1.82) is 0 Å². The normalized spacial score (nSPS) is 11.7. The molecule has 228 valence electrons. The molecule has 3 nitrogen and oxygen atoms in total. The van der Waals surface area contributed by atoms with E-state index in [2.05, 4.69) is 174 Å². The van der Waals surface area contributed by atoms with E-state index in [9.17, 15) is 0 Å². The van der Waals surface area contributed by atoms with Gasteiger partial charge >= 0.3 is 0 Å². The number of hydrogen-bond donors (Lipinski definition) is 0. The molecule has 0 fully saturated rings. The van der Waals surface area contributed by atoms with Crippen LogP contribution in [-0.4, -0.2) is 14.5 Å². The summed E-state index contributed by atoms with van der Waals surface area (Å²) in [6, 6.07) is 60.6. The van der Waals surface area contributed by atoms with Crippen LogP contribution in [0.2, 0.25) is 0 Å². The van der Waals surface area contributed by atoms with Crippen molar-refractivity contribution in [2.45, 2.75) is 0 Å². The van der Waals surface area contributed by atoms with Crippen LogP contribution in [0.25, 0.3) is 93.6 Å². The fourth-order valence-corrected chi connectivity index (χ4v) is 7.50. The first-order valence-electron chi connectivity index (χ1n) is 16.7. The highest BCUT2D eigenvalue weighted by atomic mass is 15.0. The molecular formula is C46H29N3. The number of rotatable bonds is 4. The number of para-hydroxylation sites is 2. The topological polar surface area (TPSA) is 30.7 Å². The maximum absolute atomic E-state index is 5.21. The minimum Gasteiger partial charge on any atom is -0.309 e. The molecule has 0 bridgehead atoms. The molecule has 0 aliphatic heterocycles. The average molecular weight is 624 g/mol. The lowest BCUT2D eigenvalue weighted by Gasteiger charge is -2.12. The Kier molecular flexibility index (Phi) is 6.18. The quantitative estimate of drug-likeness (QED) is 0.183. The zero-order valence-electron chi connectivity index (χ0n) is 26.6. The van der Waals surface area contributed by atoms with Crippen LogP contribution in [0, 0.1) is 0 Å². The molecule has 8 aromatic carbocycles. The Morgan fingerprint density at radius 2 is 0.837 bits per heavy atom.